The molecule has 1 aliphatic heterocycles. The summed E-state index contributed by atoms with van der Waals surface area (Å²) in [5.74, 6) is 0.491. The molecule has 10 heteroatoms. The van der Waals surface area contributed by atoms with E-state index in [4.69, 9.17) is 0 Å². The van der Waals surface area contributed by atoms with Crippen molar-refractivity contribution in [3.05, 3.63) is 42.4 Å². The van der Waals surface area contributed by atoms with Gasteiger partial charge in [-0.05, 0) is 50.8 Å². The highest BCUT2D eigenvalue weighted by atomic mass is 19.4. The van der Waals surface area contributed by atoms with Gasteiger partial charge in [-0.2, -0.15) is 18.3 Å². The van der Waals surface area contributed by atoms with Crippen molar-refractivity contribution in [3.8, 4) is 0 Å². The van der Waals surface area contributed by atoms with Crippen LogP contribution >= 0.6 is 0 Å². The van der Waals surface area contributed by atoms with Crippen LogP contribution in [0.15, 0.2) is 36.8 Å². The Kier molecular flexibility index (Phi) is 7.21. The van der Waals surface area contributed by atoms with Crippen molar-refractivity contribution in [2.45, 2.75) is 57.4 Å². The maximum Gasteiger partial charge on any atom is 0.416 e. The molecule has 2 fully saturated rings. The first-order valence-corrected chi connectivity index (χ1v) is 11.6. The summed E-state index contributed by atoms with van der Waals surface area (Å²) in [6.45, 7) is 5.01. The SMILES string of the molecule is CC(CCn1cccn1)NC1CCC(C(=O)N2CCN(c3cc(C(F)(F)F)ccn3)CC2)C1. The summed E-state index contributed by atoms with van der Waals surface area (Å²) in [7, 11) is 0. The first kappa shape index (κ1) is 23.5. The second-order valence-corrected chi connectivity index (χ2v) is 9.05. The minimum atomic E-state index is -4.39. The Balaban J connectivity index is 1.22. The number of aryl methyl sites for hydroxylation is 1. The molecule has 0 spiro atoms. The normalized spacial score (nSPS) is 22.5. The van der Waals surface area contributed by atoms with Gasteiger partial charge in [0.15, 0.2) is 0 Å². The number of nitrogens with zero attached hydrogens (tertiary/aromatic N) is 5. The average molecular weight is 465 g/mol. The monoisotopic (exact) mass is 464 g/mol. The van der Waals surface area contributed by atoms with Gasteiger partial charge < -0.3 is 15.1 Å². The van der Waals surface area contributed by atoms with Gasteiger partial charge in [0.25, 0.3) is 0 Å². The third-order valence-electron chi connectivity index (χ3n) is 6.64. The quantitative estimate of drug-likeness (QED) is 0.682. The Hall–Kier alpha value is -2.62. The number of anilines is 1. The molecule has 1 saturated carbocycles. The van der Waals surface area contributed by atoms with E-state index in [0.717, 1.165) is 44.4 Å². The molecule has 33 heavy (non-hydrogen) atoms. The average Bonchev–Trinajstić information content (AvgIpc) is 3.49. The highest BCUT2D eigenvalue weighted by Crippen LogP contribution is 2.31. The molecule has 1 amide bonds. The number of alkyl halides is 3. The van der Waals surface area contributed by atoms with E-state index in [9.17, 15) is 18.0 Å². The van der Waals surface area contributed by atoms with Gasteiger partial charge in [-0.25, -0.2) is 4.98 Å². The summed E-state index contributed by atoms with van der Waals surface area (Å²) in [4.78, 5) is 20.8. The number of hydrogen-bond donors (Lipinski definition) is 1. The minimum Gasteiger partial charge on any atom is -0.353 e. The fourth-order valence-electron chi connectivity index (χ4n) is 4.78. The molecular formula is C23H31F3N6O. The van der Waals surface area contributed by atoms with Gasteiger partial charge in [0.1, 0.15) is 5.82 Å². The first-order valence-electron chi connectivity index (χ1n) is 11.6. The van der Waals surface area contributed by atoms with Crippen LogP contribution in [-0.2, 0) is 17.5 Å². The molecular weight excluding hydrogens is 433 g/mol. The van der Waals surface area contributed by atoms with E-state index in [2.05, 4.69) is 22.3 Å². The largest absolute Gasteiger partial charge is 0.416 e. The van der Waals surface area contributed by atoms with Crippen LogP contribution in [0.4, 0.5) is 19.0 Å². The number of amides is 1. The van der Waals surface area contributed by atoms with E-state index < -0.39 is 11.7 Å². The Labute approximate surface area is 192 Å². The van der Waals surface area contributed by atoms with E-state index >= 15 is 0 Å². The van der Waals surface area contributed by atoms with E-state index in [0.29, 0.717) is 44.1 Å². The van der Waals surface area contributed by atoms with Crippen molar-refractivity contribution in [1.29, 1.82) is 0 Å². The fraction of sp³-hybridized carbons (Fsp3) is 0.609. The van der Waals surface area contributed by atoms with Gasteiger partial charge in [-0.1, -0.05) is 0 Å². The Morgan fingerprint density at radius 3 is 2.70 bits per heavy atom. The molecule has 2 aromatic rings. The molecule has 3 unspecified atom stereocenters. The van der Waals surface area contributed by atoms with Crippen molar-refractivity contribution >= 4 is 11.7 Å². The molecule has 2 aliphatic rings. The van der Waals surface area contributed by atoms with Gasteiger partial charge in [-0.3, -0.25) is 9.48 Å². The molecule has 4 rings (SSSR count). The zero-order chi connectivity index (χ0) is 23.4. The van der Waals surface area contributed by atoms with Crippen molar-refractivity contribution in [2.24, 2.45) is 5.92 Å². The van der Waals surface area contributed by atoms with Gasteiger partial charge in [0, 0.05) is 69.3 Å². The van der Waals surface area contributed by atoms with Crippen LogP contribution in [-0.4, -0.2) is 63.8 Å². The van der Waals surface area contributed by atoms with Crippen LogP contribution in [0.5, 0.6) is 0 Å². The predicted octanol–water partition coefficient (Wildman–Crippen LogP) is 3.18. The van der Waals surface area contributed by atoms with Gasteiger partial charge in [0.05, 0.1) is 5.56 Å². The van der Waals surface area contributed by atoms with Crippen LogP contribution in [0.25, 0.3) is 0 Å². The maximum absolute atomic E-state index is 13.0. The molecule has 180 valence electrons. The number of carbonyl (C=O) groups excluding carboxylic acids is 1. The Morgan fingerprint density at radius 2 is 2.00 bits per heavy atom. The number of piperazine rings is 1. The van der Waals surface area contributed by atoms with Crippen LogP contribution in [0, 0.1) is 5.92 Å². The molecule has 3 heterocycles. The van der Waals surface area contributed by atoms with Gasteiger partial charge >= 0.3 is 6.18 Å². The Bertz CT molecular complexity index is 911. The number of nitrogens with one attached hydrogen (secondary N) is 1. The molecule has 1 aliphatic carbocycles. The number of rotatable bonds is 7. The van der Waals surface area contributed by atoms with Gasteiger partial charge in [0.2, 0.25) is 5.91 Å². The zero-order valence-corrected chi connectivity index (χ0v) is 18.8. The molecule has 1 N–H and O–H groups in total. The second kappa shape index (κ2) is 10.1. The number of hydrogen-bond acceptors (Lipinski definition) is 5. The molecule has 7 nitrogen and oxygen atoms in total. The molecule has 0 aromatic carbocycles. The number of halogens is 3. The maximum atomic E-state index is 13.0. The standard InChI is InChI=1S/C23H31F3N6O/c1-17(6-10-32-9-2-7-28-32)29-20-4-3-18(15-20)22(33)31-13-11-30(12-14-31)21-16-19(5-8-27-21)23(24,25)26/h2,5,7-9,16-18,20,29H,3-4,6,10-15H2,1H3. The molecule has 0 bridgehead atoms. The highest BCUT2D eigenvalue weighted by molar-refractivity contribution is 5.79. The van der Waals surface area contributed by atoms with E-state index in [1.165, 1.54) is 6.20 Å². The van der Waals surface area contributed by atoms with Crippen LogP contribution in [0.2, 0.25) is 0 Å². The molecule has 3 atom stereocenters. The van der Waals surface area contributed by atoms with Crippen molar-refractivity contribution in [3.63, 3.8) is 0 Å². The van der Waals surface area contributed by atoms with Crippen LogP contribution < -0.4 is 10.2 Å². The zero-order valence-electron chi connectivity index (χ0n) is 18.8. The van der Waals surface area contributed by atoms with Crippen LogP contribution in [0.1, 0.15) is 38.2 Å². The van der Waals surface area contributed by atoms with Crippen LogP contribution in [0.3, 0.4) is 0 Å². The summed E-state index contributed by atoms with van der Waals surface area (Å²) >= 11 is 0. The number of carbonyl (C=O) groups is 1. The lowest BCUT2D eigenvalue weighted by Crippen LogP contribution is -2.50. The highest BCUT2D eigenvalue weighted by Gasteiger charge is 2.35. The first-order chi connectivity index (χ1) is 15.8. The Morgan fingerprint density at radius 1 is 1.21 bits per heavy atom. The third-order valence-corrected chi connectivity index (χ3v) is 6.64. The van der Waals surface area contributed by atoms with Crippen molar-refractivity contribution in [2.75, 3.05) is 31.1 Å². The summed E-state index contributed by atoms with van der Waals surface area (Å²) in [6.07, 6.45) is 4.20. The van der Waals surface area contributed by atoms with Crippen molar-refractivity contribution in [1.82, 2.24) is 25.0 Å². The van der Waals surface area contributed by atoms with E-state index in [1.54, 1.807) is 6.20 Å². The molecule has 0 radical (unpaired) electrons. The molecule has 1 saturated heterocycles. The number of aromatic nitrogens is 3. The molecule has 2 aromatic heterocycles. The smallest absolute Gasteiger partial charge is 0.353 e. The minimum absolute atomic E-state index is 0.0130. The van der Waals surface area contributed by atoms with Crippen molar-refractivity contribution < 1.29 is 18.0 Å². The lowest BCUT2D eigenvalue weighted by molar-refractivity contribution is -0.137. The summed E-state index contributed by atoms with van der Waals surface area (Å²) < 4.78 is 40.9. The number of pyridine rings is 1. The summed E-state index contributed by atoms with van der Waals surface area (Å²) in [5, 5.41) is 7.88. The van der Waals surface area contributed by atoms with Gasteiger partial charge in [-0.15, -0.1) is 0 Å². The summed E-state index contributed by atoms with van der Waals surface area (Å²) in [6, 6.07) is 4.66. The lowest BCUT2D eigenvalue weighted by Gasteiger charge is -2.36. The second-order valence-electron chi connectivity index (χ2n) is 9.05. The van der Waals surface area contributed by atoms with E-state index in [1.807, 2.05) is 26.7 Å². The topological polar surface area (TPSA) is 66.3 Å². The van der Waals surface area contributed by atoms with E-state index in [-0.39, 0.29) is 11.8 Å². The summed E-state index contributed by atoms with van der Waals surface area (Å²) in [5.41, 5.74) is -0.700. The lowest BCUT2D eigenvalue weighted by atomic mass is 10.1. The fourth-order valence-corrected chi connectivity index (χ4v) is 4.78. The third kappa shape index (κ3) is 6.04. The predicted molar refractivity (Wildman–Crippen MR) is 119 cm³/mol.